The largest absolute Gasteiger partial charge is 0.356 e. The Balaban J connectivity index is 0.00000163. The second-order valence-electron chi connectivity index (χ2n) is 5.36. The zero-order valence-corrected chi connectivity index (χ0v) is 16.0. The van der Waals surface area contributed by atoms with Crippen LogP contribution in [-0.2, 0) is 0 Å². The second kappa shape index (κ2) is 11.5. The maximum Gasteiger partial charge on any atom is 0.255 e. The van der Waals surface area contributed by atoms with Gasteiger partial charge in [-0.15, -0.1) is 0 Å². The van der Waals surface area contributed by atoms with Crippen molar-refractivity contribution in [2.75, 3.05) is 10.6 Å². The van der Waals surface area contributed by atoms with E-state index in [9.17, 15) is 4.79 Å². The van der Waals surface area contributed by atoms with Crippen LogP contribution in [0.3, 0.4) is 0 Å². The summed E-state index contributed by atoms with van der Waals surface area (Å²) in [5, 5.41) is 6.19. The lowest BCUT2D eigenvalue weighted by atomic mass is 10.1. The summed E-state index contributed by atoms with van der Waals surface area (Å²) < 4.78 is 0. The van der Waals surface area contributed by atoms with E-state index in [1.54, 1.807) is 12.1 Å². The molecule has 0 bridgehead atoms. The van der Waals surface area contributed by atoms with Gasteiger partial charge in [0.2, 0.25) is 0 Å². The van der Waals surface area contributed by atoms with Gasteiger partial charge in [0.1, 0.15) is 0 Å². The Kier molecular flexibility index (Phi) is 9.26. The molecule has 2 N–H and O–H groups in total. The summed E-state index contributed by atoms with van der Waals surface area (Å²) in [4.78, 5) is 12.2. The van der Waals surface area contributed by atoms with Gasteiger partial charge >= 0.3 is 0 Å². The van der Waals surface area contributed by atoms with Crippen molar-refractivity contribution in [2.24, 2.45) is 0 Å². The highest BCUT2D eigenvalue weighted by Gasteiger charge is 2.05. The second-order valence-corrected chi connectivity index (χ2v) is 5.36. The quantitative estimate of drug-likeness (QED) is 0.592. The molecule has 0 fully saturated rings. The summed E-state index contributed by atoms with van der Waals surface area (Å²) in [5.41, 5.74) is 4.38. The molecule has 0 aliphatic heterocycles. The molecule has 0 saturated carbocycles. The Bertz CT molecular complexity index is 757. The van der Waals surface area contributed by atoms with E-state index in [0.717, 1.165) is 22.6 Å². The molecule has 0 unspecified atom stereocenters. The summed E-state index contributed by atoms with van der Waals surface area (Å²) in [5.74, 6) is -0.124. The molecule has 0 aliphatic rings. The molecule has 26 heavy (non-hydrogen) atoms. The van der Waals surface area contributed by atoms with Gasteiger partial charge in [0.05, 0.1) is 0 Å². The molecule has 3 heteroatoms. The van der Waals surface area contributed by atoms with E-state index in [1.807, 2.05) is 88.4 Å². The third kappa shape index (κ3) is 6.81. The normalized spacial score (nSPS) is 11.1. The van der Waals surface area contributed by atoms with Crippen LogP contribution in [0.5, 0.6) is 0 Å². The topological polar surface area (TPSA) is 41.1 Å². The average molecular weight is 348 g/mol. The van der Waals surface area contributed by atoms with Crippen molar-refractivity contribution < 1.29 is 4.79 Å². The van der Waals surface area contributed by atoms with Crippen molar-refractivity contribution in [3.8, 4) is 0 Å². The molecule has 3 nitrogen and oxygen atoms in total. The number of carbonyl (C=O) groups excluding carboxylic acids is 1. The molecule has 2 aromatic carbocycles. The molecule has 0 aromatic heterocycles. The fraction of sp³-hybridized carbons (Fsp3) is 0.174. The molecule has 136 valence electrons. The van der Waals surface area contributed by atoms with Crippen LogP contribution in [0.25, 0.3) is 0 Å². The Morgan fingerprint density at radius 3 is 2.04 bits per heavy atom. The summed E-state index contributed by atoms with van der Waals surface area (Å²) in [6, 6.07) is 16.8. The third-order valence-electron chi connectivity index (χ3n) is 3.48. The number of anilines is 2. The van der Waals surface area contributed by atoms with Crippen LogP contribution in [0.2, 0.25) is 0 Å². The molecule has 2 rings (SSSR count). The van der Waals surface area contributed by atoms with Crippen LogP contribution in [-0.4, -0.2) is 5.91 Å². The smallest absolute Gasteiger partial charge is 0.255 e. The lowest BCUT2D eigenvalue weighted by Gasteiger charge is -2.09. The number of rotatable bonds is 6. The van der Waals surface area contributed by atoms with Crippen LogP contribution in [0.15, 0.2) is 90.7 Å². The number of para-hydroxylation sites is 1. The maximum atomic E-state index is 12.2. The molecule has 2 aromatic rings. The Morgan fingerprint density at radius 2 is 1.50 bits per heavy atom. The van der Waals surface area contributed by atoms with E-state index < -0.39 is 0 Å². The van der Waals surface area contributed by atoms with Crippen molar-refractivity contribution >= 4 is 17.3 Å². The van der Waals surface area contributed by atoms with Crippen molar-refractivity contribution in [3.63, 3.8) is 0 Å². The van der Waals surface area contributed by atoms with Gasteiger partial charge in [0, 0.05) is 22.6 Å². The summed E-state index contributed by atoms with van der Waals surface area (Å²) in [6.45, 7) is 11.7. The first-order valence-corrected chi connectivity index (χ1v) is 8.83. The highest BCUT2D eigenvalue weighted by Crippen LogP contribution is 2.15. The molecule has 1 amide bonds. The predicted molar refractivity (Wildman–Crippen MR) is 114 cm³/mol. The van der Waals surface area contributed by atoms with E-state index >= 15 is 0 Å². The van der Waals surface area contributed by atoms with Crippen molar-refractivity contribution in [3.05, 3.63) is 96.2 Å². The highest BCUT2D eigenvalue weighted by molar-refractivity contribution is 6.04. The van der Waals surface area contributed by atoms with E-state index in [4.69, 9.17) is 0 Å². The summed E-state index contributed by atoms with van der Waals surface area (Å²) in [7, 11) is 0. The monoisotopic (exact) mass is 348 g/mol. The van der Waals surface area contributed by atoms with Gasteiger partial charge in [-0.25, -0.2) is 0 Å². The lowest BCUT2D eigenvalue weighted by Crippen LogP contribution is -2.11. The predicted octanol–water partition coefficient (Wildman–Crippen LogP) is 6.41. The average Bonchev–Trinajstić information content (AvgIpc) is 2.70. The fourth-order valence-electron chi connectivity index (χ4n) is 2.09. The van der Waals surface area contributed by atoms with Gasteiger partial charge in [-0.05, 0) is 61.9 Å². The Hall–Kier alpha value is -3.07. The SMILES string of the molecule is C=C/C(C)=C\C(=C/C)Nc1ccc(C(=O)Nc2ccccc2)cc1.CC. The van der Waals surface area contributed by atoms with E-state index in [1.165, 1.54) is 0 Å². The molecule has 0 heterocycles. The first-order valence-electron chi connectivity index (χ1n) is 8.83. The van der Waals surface area contributed by atoms with E-state index in [0.29, 0.717) is 5.56 Å². The molecular weight excluding hydrogens is 320 g/mol. The zero-order chi connectivity index (χ0) is 19.4. The van der Waals surface area contributed by atoms with Crippen molar-refractivity contribution in [1.29, 1.82) is 0 Å². The van der Waals surface area contributed by atoms with E-state index in [2.05, 4.69) is 17.2 Å². The van der Waals surface area contributed by atoms with Gasteiger partial charge in [0.25, 0.3) is 5.91 Å². The summed E-state index contributed by atoms with van der Waals surface area (Å²) >= 11 is 0. The number of amides is 1. The zero-order valence-electron chi connectivity index (χ0n) is 16.0. The lowest BCUT2D eigenvalue weighted by molar-refractivity contribution is 0.102. The fourth-order valence-corrected chi connectivity index (χ4v) is 2.09. The number of benzene rings is 2. The standard InChI is InChI=1S/C21H22N2O.C2H6/c1-4-16(3)15-18(5-2)22-20-13-11-17(12-14-20)21(24)23-19-9-7-6-8-10-19;1-2/h4-15,22H,1H2,2-3H3,(H,23,24);1-2H3/b16-15-,18-5+;. The number of hydrogen-bond acceptors (Lipinski definition) is 2. The third-order valence-corrected chi connectivity index (χ3v) is 3.48. The van der Waals surface area contributed by atoms with Crippen LogP contribution >= 0.6 is 0 Å². The summed E-state index contributed by atoms with van der Waals surface area (Å²) in [6.07, 6.45) is 5.81. The van der Waals surface area contributed by atoms with Gasteiger partial charge in [-0.1, -0.05) is 50.8 Å². The van der Waals surface area contributed by atoms with Crippen molar-refractivity contribution in [2.45, 2.75) is 27.7 Å². The maximum absolute atomic E-state index is 12.2. The first-order chi connectivity index (χ1) is 12.6. The molecular formula is C23H28N2O. The number of hydrogen-bond donors (Lipinski definition) is 2. The highest BCUT2D eigenvalue weighted by atomic mass is 16.1. The first kappa shape index (κ1) is 21.0. The van der Waals surface area contributed by atoms with Gasteiger partial charge in [0.15, 0.2) is 0 Å². The number of carbonyl (C=O) groups is 1. The van der Waals surface area contributed by atoms with Crippen LogP contribution < -0.4 is 10.6 Å². The molecule has 0 saturated heterocycles. The van der Waals surface area contributed by atoms with Gasteiger partial charge < -0.3 is 10.6 Å². The minimum atomic E-state index is -0.124. The minimum Gasteiger partial charge on any atom is -0.356 e. The molecule has 0 aliphatic carbocycles. The molecule has 0 atom stereocenters. The number of allylic oxidation sites excluding steroid dienone is 4. The Morgan fingerprint density at radius 1 is 0.923 bits per heavy atom. The Labute approximate surface area is 157 Å². The van der Waals surface area contributed by atoms with Gasteiger partial charge in [-0.2, -0.15) is 0 Å². The van der Waals surface area contributed by atoms with Crippen LogP contribution in [0.4, 0.5) is 11.4 Å². The van der Waals surface area contributed by atoms with E-state index in [-0.39, 0.29) is 5.91 Å². The van der Waals surface area contributed by atoms with Gasteiger partial charge in [-0.3, -0.25) is 4.79 Å². The molecule has 0 radical (unpaired) electrons. The molecule has 0 spiro atoms. The van der Waals surface area contributed by atoms with Crippen LogP contribution in [0, 0.1) is 0 Å². The van der Waals surface area contributed by atoms with Crippen molar-refractivity contribution in [1.82, 2.24) is 0 Å². The number of nitrogens with one attached hydrogen (secondary N) is 2. The van der Waals surface area contributed by atoms with Crippen LogP contribution in [0.1, 0.15) is 38.1 Å². The minimum absolute atomic E-state index is 0.124.